The highest BCUT2D eigenvalue weighted by Gasteiger charge is 2.55. The largest absolute Gasteiger partial charge is 0.468 e. The number of carbonyl (C=O) groups is 2. The zero-order chi connectivity index (χ0) is 16.5. The van der Waals surface area contributed by atoms with E-state index in [1.165, 1.54) is 7.11 Å². The number of carbonyl (C=O) groups excluding carboxylic acids is 2. The number of ether oxygens (including phenoxy) is 3. The molecule has 2 fully saturated rings. The molecule has 0 aromatic carbocycles. The van der Waals surface area contributed by atoms with Crippen LogP contribution in [-0.4, -0.2) is 55.6 Å². The van der Waals surface area contributed by atoms with Crippen molar-refractivity contribution in [2.24, 2.45) is 5.92 Å². The number of nitrogens with one attached hydrogen (secondary N) is 2. The fourth-order valence-corrected chi connectivity index (χ4v) is 3.08. The number of esters is 1. The van der Waals surface area contributed by atoms with Crippen molar-refractivity contribution in [3.8, 4) is 0 Å². The first-order chi connectivity index (χ1) is 10.2. The van der Waals surface area contributed by atoms with Gasteiger partial charge in [0.05, 0.1) is 25.3 Å². The summed E-state index contributed by atoms with van der Waals surface area (Å²) >= 11 is 0. The van der Waals surface area contributed by atoms with E-state index in [0.29, 0.717) is 6.61 Å². The van der Waals surface area contributed by atoms with Crippen LogP contribution in [0.5, 0.6) is 0 Å². The molecule has 1 saturated heterocycles. The van der Waals surface area contributed by atoms with Gasteiger partial charge in [0.15, 0.2) is 0 Å². The maximum absolute atomic E-state index is 12.0. The third-order valence-corrected chi connectivity index (χ3v) is 4.07. The highest BCUT2D eigenvalue weighted by atomic mass is 16.6. The third-order valence-electron chi connectivity index (χ3n) is 4.07. The average Bonchev–Trinajstić information content (AvgIpc) is 2.83. The molecule has 0 aromatic heterocycles. The van der Waals surface area contributed by atoms with E-state index in [1.807, 2.05) is 20.8 Å². The maximum atomic E-state index is 12.0. The number of amides is 1. The Morgan fingerprint density at radius 2 is 1.95 bits per heavy atom. The van der Waals surface area contributed by atoms with Gasteiger partial charge in [-0.3, -0.25) is 10.1 Å². The Kier molecular flexibility index (Phi) is 4.97. The van der Waals surface area contributed by atoms with E-state index < -0.39 is 17.7 Å². The van der Waals surface area contributed by atoms with E-state index >= 15 is 0 Å². The Hall–Kier alpha value is -1.34. The Morgan fingerprint density at radius 1 is 1.27 bits per heavy atom. The number of hydrogen-bond acceptors (Lipinski definition) is 6. The van der Waals surface area contributed by atoms with Gasteiger partial charge in [-0.1, -0.05) is 0 Å². The molecule has 5 unspecified atom stereocenters. The van der Waals surface area contributed by atoms with Crippen molar-refractivity contribution in [3.05, 3.63) is 0 Å². The van der Waals surface area contributed by atoms with Crippen molar-refractivity contribution in [2.75, 3.05) is 13.7 Å². The van der Waals surface area contributed by atoms with E-state index in [9.17, 15) is 9.59 Å². The molecular weight excluding hydrogens is 288 g/mol. The second kappa shape index (κ2) is 6.42. The first kappa shape index (κ1) is 17.0. The van der Waals surface area contributed by atoms with Crippen molar-refractivity contribution >= 4 is 12.1 Å². The van der Waals surface area contributed by atoms with Gasteiger partial charge in [0.2, 0.25) is 0 Å². The number of fused-ring (bicyclic) bond motifs is 1. The maximum Gasteiger partial charge on any atom is 0.407 e. The predicted octanol–water partition coefficient (Wildman–Crippen LogP) is 0.818. The summed E-state index contributed by atoms with van der Waals surface area (Å²) in [6, 6.07) is -0.674. The van der Waals surface area contributed by atoms with Gasteiger partial charge in [-0.25, -0.2) is 4.79 Å². The summed E-state index contributed by atoms with van der Waals surface area (Å²) in [6.07, 6.45) is 0.475. The molecule has 2 N–H and O–H groups in total. The smallest absolute Gasteiger partial charge is 0.407 e. The van der Waals surface area contributed by atoms with Gasteiger partial charge in [-0.15, -0.1) is 0 Å². The van der Waals surface area contributed by atoms with Gasteiger partial charge in [0.1, 0.15) is 11.6 Å². The highest BCUT2D eigenvalue weighted by Crippen LogP contribution is 2.39. The van der Waals surface area contributed by atoms with E-state index in [0.717, 1.165) is 6.42 Å². The second-order valence-electron chi connectivity index (χ2n) is 6.90. The van der Waals surface area contributed by atoms with Crippen LogP contribution in [0.2, 0.25) is 0 Å². The first-order valence-electron chi connectivity index (χ1n) is 7.68. The van der Waals surface area contributed by atoms with Crippen LogP contribution in [0.15, 0.2) is 0 Å². The predicted molar refractivity (Wildman–Crippen MR) is 79.4 cm³/mol. The fraction of sp³-hybridized carbons (Fsp3) is 0.867. The lowest BCUT2D eigenvalue weighted by Gasteiger charge is -2.48. The van der Waals surface area contributed by atoms with Crippen LogP contribution >= 0.6 is 0 Å². The van der Waals surface area contributed by atoms with Gasteiger partial charge in [0.25, 0.3) is 0 Å². The fourth-order valence-electron chi connectivity index (χ4n) is 3.08. The lowest BCUT2D eigenvalue weighted by atomic mass is 9.71. The van der Waals surface area contributed by atoms with Crippen LogP contribution in [0.4, 0.5) is 4.79 Å². The molecule has 1 amide bonds. The van der Waals surface area contributed by atoms with Crippen LogP contribution in [0.25, 0.3) is 0 Å². The van der Waals surface area contributed by atoms with Crippen molar-refractivity contribution in [1.29, 1.82) is 0 Å². The molecule has 7 nitrogen and oxygen atoms in total. The molecule has 2 aliphatic rings. The minimum Gasteiger partial charge on any atom is -0.468 e. The Balaban J connectivity index is 1.95. The molecule has 5 atom stereocenters. The van der Waals surface area contributed by atoms with E-state index in [-0.39, 0.29) is 30.1 Å². The van der Waals surface area contributed by atoms with Gasteiger partial charge >= 0.3 is 12.1 Å². The third kappa shape index (κ3) is 3.70. The normalized spacial score (nSPS) is 31.7. The zero-order valence-electron chi connectivity index (χ0n) is 13.8. The summed E-state index contributed by atoms with van der Waals surface area (Å²) in [7, 11) is 1.35. The van der Waals surface area contributed by atoms with Crippen molar-refractivity contribution < 1.29 is 23.8 Å². The van der Waals surface area contributed by atoms with E-state index in [2.05, 4.69) is 10.6 Å². The molecule has 0 radical (unpaired) electrons. The summed E-state index contributed by atoms with van der Waals surface area (Å²) in [5.74, 6) is -0.0765. The topological polar surface area (TPSA) is 85.9 Å². The molecule has 0 spiro atoms. The molecule has 1 saturated carbocycles. The van der Waals surface area contributed by atoms with Crippen molar-refractivity contribution in [2.45, 2.75) is 63.9 Å². The SMILES string of the molecule is COC(=O)C(C)NC1C(NC(=O)OC(C)(C)C)C2CCOC21. The van der Waals surface area contributed by atoms with E-state index in [4.69, 9.17) is 14.2 Å². The quantitative estimate of drug-likeness (QED) is 0.747. The van der Waals surface area contributed by atoms with Crippen LogP contribution in [0, 0.1) is 5.92 Å². The number of methoxy groups -OCH3 is 1. The molecule has 1 aliphatic carbocycles. The lowest BCUT2D eigenvalue weighted by molar-refractivity contribution is -0.144. The average molecular weight is 314 g/mol. The summed E-state index contributed by atoms with van der Waals surface area (Å²) in [6.45, 7) is 7.88. The minimum atomic E-state index is -0.540. The molecule has 0 aromatic rings. The van der Waals surface area contributed by atoms with Crippen LogP contribution in [0.1, 0.15) is 34.1 Å². The van der Waals surface area contributed by atoms with Crippen LogP contribution < -0.4 is 10.6 Å². The Bertz CT molecular complexity index is 434. The Morgan fingerprint density at radius 3 is 2.55 bits per heavy atom. The standard InChI is InChI=1S/C15H26N2O5/c1-8(13(18)20-5)16-11-10(9-6-7-21-12(9)11)17-14(19)22-15(2,3)4/h8-12,16H,6-7H2,1-5H3,(H,17,19). The number of alkyl carbamates (subject to hydrolysis) is 1. The summed E-state index contributed by atoms with van der Waals surface area (Å²) in [5.41, 5.74) is -0.540. The number of rotatable bonds is 4. The van der Waals surface area contributed by atoms with Gasteiger partial charge in [-0.05, 0) is 34.1 Å². The van der Waals surface area contributed by atoms with Gasteiger partial charge in [0, 0.05) is 12.5 Å². The molecule has 126 valence electrons. The first-order valence-corrected chi connectivity index (χ1v) is 7.68. The molecule has 1 heterocycles. The minimum absolute atomic E-state index is 0.0204. The molecule has 2 rings (SSSR count). The van der Waals surface area contributed by atoms with Gasteiger partial charge in [-0.2, -0.15) is 0 Å². The van der Waals surface area contributed by atoms with Crippen molar-refractivity contribution in [3.63, 3.8) is 0 Å². The molecule has 22 heavy (non-hydrogen) atoms. The monoisotopic (exact) mass is 314 g/mol. The molecule has 1 aliphatic heterocycles. The van der Waals surface area contributed by atoms with E-state index in [1.54, 1.807) is 6.92 Å². The van der Waals surface area contributed by atoms with Crippen molar-refractivity contribution in [1.82, 2.24) is 10.6 Å². The van der Waals surface area contributed by atoms with Crippen LogP contribution in [-0.2, 0) is 19.0 Å². The number of hydrogen-bond donors (Lipinski definition) is 2. The summed E-state index contributed by atoms with van der Waals surface area (Å²) in [4.78, 5) is 23.5. The Labute approximate surface area is 131 Å². The molecule has 7 heteroatoms. The lowest BCUT2D eigenvalue weighted by Crippen LogP contribution is -2.72. The highest BCUT2D eigenvalue weighted by molar-refractivity contribution is 5.75. The van der Waals surface area contributed by atoms with Crippen LogP contribution in [0.3, 0.4) is 0 Å². The summed E-state index contributed by atoms with van der Waals surface area (Å²) in [5, 5.41) is 6.09. The zero-order valence-corrected chi connectivity index (χ0v) is 13.8. The summed E-state index contributed by atoms with van der Waals surface area (Å²) < 4.78 is 15.7. The van der Waals surface area contributed by atoms with Gasteiger partial charge < -0.3 is 19.5 Å². The molecular formula is C15H26N2O5. The molecule has 0 bridgehead atoms. The second-order valence-corrected chi connectivity index (χ2v) is 6.90.